The summed E-state index contributed by atoms with van der Waals surface area (Å²) in [6.07, 6.45) is 1.82. The van der Waals surface area contributed by atoms with E-state index in [4.69, 9.17) is 0 Å². The van der Waals surface area contributed by atoms with Crippen LogP contribution in [0.4, 0.5) is 5.69 Å². The van der Waals surface area contributed by atoms with Crippen molar-refractivity contribution in [1.29, 1.82) is 0 Å². The summed E-state index contributed by atoms with van der Waals surface area (Å²) in [4.78, 5) is 3.06. The lowest BCUT2D eigenvalue weighted by molar-refractivity contribution is 0.603. The minimum Gasteiger partial charge on any atom is -0.361 e. The van der Waals surface area contributed by atoms with Gasteiger partial charge in [-0.25, -0.2) is 8.42 Å². The topological polar surface area (TPSA) is 62.0 Å². The molecule has 2 heterocycles. The van der Waals surface area contributed by atoms with Gasteiger partial charge in [-0.05, 0) is 51.6 Å². The van der Waals surface area contributed by atoms with E-state index in [0.717, 1.165) is 10.9 Å². The van der Waals surface area contributed by atoms with Crippen LogP contribution < -0.4 is 4.72 Å². The van der Waals surface area contributed by atoms with Crippen LogP contribution >= 0.6 is 27.3 Å². The van der Waals surface area contributed by atoms with Gasteiger partial charge in [0, 0.05) is 27.3 Å². The van der Waals surface area contributed by atoms with Crippen molar-refractivity contribution >= 4 is 53.9 Å². The lowest BCUT2D eigenvalue weighted by atomic mass is 10.2. The number of sulfonamides is 1. The summed E-state index contributed by atoms with van der Waals surface area (Å²) in [6, 6.07) is 8.99. The Kier molecular flexibility index (Phi) is 3.12. The second-order valence-corrected chi connectivity index (χ2v) is 7.59. The van der Waals surface area contributed by atoms with E-state index >= 15 is 0 Å². The third kappa shape index (κ3) is 2.41. The van der Waals surface area contributed by atoms with Gasteiger partial charge in [-0.3, -0.25) is 4.72 Å². The molecule has 19 heavy (non-hydrogen) atoms. The molecule has 98 valence electrons. The lowest BCUT2D eigenvalue weighted by Crippen LogP contribution is -2.11. The Morgan fingerprint density at radius 1 is 1.21 bits per heavy atom. The maximum Gasteiger partial charge on any atom is 0.272 e. The molecular formula is C12H9BrN2O2S2. The van der Waals surface area contributed by atoms with Crippen LogP contribution in [0.3, 0.4) is 0 Å². The van der Waals surface area contributed by atoms with E-state index in [-0.39, 0.29) is 4.21 Å². The molecule has 0 spiro atoms. The fourth-order valence-corrected chi connectivity index (χ4v) is 5.18. The van der Waals surface area contributed by atoms with Crippen molar-refractivity contribution < 1.29 is 8.42 Å². The van der Waals surface area contributed by atoms with Crippen LogP contribution in [0.15, 0.2) is 50.6 Å². The van der Waals surface area contributed by atoms with E-state index < -0.39 is 10.0 Å². The zero-order chi connectivity index (χ0) is 13.5. The van der Waals surface area contributed by atoms with E-state index in [1.165, 1.54) is 11.3 Å². The molecule has 2 N–H and O–H groups in total. The lowest BCUT2D eigenvalue weighted by Gasteiger charge is -2.07. The van der Waals surface area contributed by atoms with Gasteiger partial charge < -0.3 is 4.98 Å². The van der Waals surface area contributed by atoms with Gasteiger partial charge in [-0.1, -0.05) is 0 Å². The molecule has 0 aliphatic carbocycles. The highest BCUT2D eigenvalue weighted by Crippen LogP contribution is 2.29. The molecule has 1 aromatic carbocycles. The molecule has 0 amide bonds. The molecule has 3 rings (SSSR count). The van der Waals surface area contributed by atoms with Gasteiger partial charge in [0.25, 0.3) is 10.0 Å². The Balaban J connectivity index is 1.98. The van der Waals surface area contributed by atoms with E-state index in [0.29, 0.717) is 10.2 Å². The summed E-state index contributed by atoms with van der Waals surface area (Å²) in [5, 5.41) is 2.69. The minimum absolute atomic E-state index is 0.279. The van der Waals surface area contributed by atoms with Crippen molar-refractivity contribution in [2.75, 3.05) is 4.72 Å². The van der Waals surface area contributed by atoms with Gasteiger partial charge in [0.15, 0.2) is 4.21 Å². The average Bonchev–Trinajstić information content (AvgIpc) is 2.96. The van der Waals surface area contributed by atoms with Gasteiger partial charge in [0.2, 0.25) is 0 Å². The number of hydrogen-bond donors (Lipinski definition) is 2. The van der Waals surface area contributed by atoms with Crippen molar-refractivity contribution in [3.8, 4) is 0 Å². The highest BCUT2D eigenvalue weighted by atomic mass is 79.9. The first kappa shape index (κ1) is 12.7. The van der Waals surface area contributed by atoms with Crippen LogP contribution in [-0.2, 0) is 10.0 Å². The van der Waals surface area contributed by atoms with Crippen molar-refractivity contribution in [1.82, 2.24) is 4.98 Å². The van der Waals surface area contributed by atoms with E-state index in [1.54, 1.807) is 23.6 Å². The Labute approximate surface area is 122 Å². The molecule has 0 aliphatic rings. The highest BCUT2D eigenvalue weighted by Gasteiger charge is 2.19. The summed E-state index contributed by atoms with van der Waals surface area (Å²) >= 11 is 4.41. The summed E-state index contributed by atoms with van der Waals surface area (Å²) in [5.41, 5.74) is 1.52. The quantitative estimate of drug-likeness (QED) is 0.749. The molecule has 3 aromatic rings. The fraction of sp³-hybridized carbons (Fsp3) is 0. The van der Waals surface area contributed by atoms with Crippen LogP contribution in [0.25, 0.3) is 10.9 Å². The summed E-state index contributed by atoms with van der Waals surface area (Å²) in [7, 11) is -3.54. The largest absolute Gasteiger partial charge is 0.361 e. The van der Waals surface area contributed by atoms with E-state index in [9.17, 15) is 8.42 Å². The molecule has 7 heteroatoms. The summed E-state index contributed by atoms with van der Waals surface area (Å²) in [6.45, 7) is 0. The third-order valence-corrected chi connectivity index (χ3v) is 6.69. The maximum atomic E-state index is 12.2. The fourth-order valence-electron chi connectivity index (χ4n) is 1.79. The molecule has 4 nitrogen and oxygen atoms in total. The smallest absolute Gasteiger partial charge is 0.272 e. The molecule has 0 saturated carbocycles. The highest BCUT2D eigenvalue weighted by molar-refractivity contribution is 9.10. The number of fused-ring (bicyclic) bond motifs is 1. The first-order chi connectivity index (χ1) is 9.06. The SMILES string of the molecule is O=S(=O)(Nc1ccc2[nH]ccc2c1)c1sccc1Br. The van der Waals surface area contributed by atoms with E-state index in [1.807, 2.05) is 18.3 Å². The molecule has 0 fully saturated rings. The van der Waals surface area contributed by atoms with Crippen LogP contribution in [0.1, 0.15) is 0 Å². The number of aromatic nitrogens is 1. The van der Waals surface area contributed by atoms with Crippen molar-refractivity contribution in [3.05, 3.63) is 46.4 Å². The molecule has 0 atom stereocenters. The van der Waals surface area contributed by atoms with Gasteiger partial charge >= 0.3 is 0 Å². The van der Waals surface area contributed by atoms with Gasteiger partial charge in [-0.15, -0.1) is 11.3 Å². The van der Waals surface area contributed by atoms with Crippen LogP contribution in [-0.4, -0.2) is 13.4 Å². The maximum absolute atomic E-state index is 12.2. The molecular weight excluding hydrogens is 348 g/mol. The Bertz CT molecular complexity index is 836. The number of anilines is 1. The van der Waals surface area contributed by atoms with Gasteiger partial charge in [0.1, 0.15) is 0 Å². The van der Waals surface area contributed by atoms with Crippen molar-refractivity contribution in [3.63, 3.8) is 0 Å². The summed E-state index contributed by atoms with van der Waals surface area (Å²) in [5.74, 6) is 0. The monoisotopic (exact) mass is 356 g/mol. The van der Waals surface area contributed by atoms with Crippen molar-refractivity contribution in [2.45, 2.75) is 4.21 Å². The number of rotatable bonds is 3. The first-order valence-electron chi connectivity index (χ1n) is 5.39. The van der Waals surface area contributed by atoms with Gasteiger partial charge in [0.05, 0.1) is 0 Å². The minimum atomic E-state index is -3.54. The number of benzene rings is 1. The molecule has 0 aliphatic heterocycles. The Hall–Kier alpha value is -1.31. The zero-order valence-electron chi connectivity index (χ0n) is 9.55. The van der Waals surface area contributed by atoms with Crippen LogP contribution in [0, 0.1) is 0 Å². The Morgan fingerprint density at radius 3 is 2.79 bits per heavy atom. The normalized spacial score (nSPS) is 11.8. The van der Waals surface area contributed by atoms with Crippen LogP contribution in [0.5, 0.6) is 0 Å². The first-order valence-corrected chi connectivity index (χ1v) is 8.55. The standard InChI is InChI=1S/C12H9BrN2O2S2/c13-10-4-6-18-12(10)19(16,17)15-9-1-2-11-8(7-9)3-5-14-11/h1-7,14-15H. The number of aromatic amines is 1. The molecule has 0 unspecified atom stereocenters. The average molecular weight is 357 g/mol. The number of halogens is 1. The van der Waals surface area contributed by atoms with Crippen LogP contribution in [0.2, 0.25) is 0 Å². The third-order valence-electron chi connectivity index (χ3n) is 2.63. The molecule has 0 saturated heterocycles. The summed E-state index contributed by atoms with van der Waals surface area (Å²) < 4.78 is 27.9. The van der Waals surface area contributed by atoms with Gasteiger partial charge in [-0.2, -0.15) is 0 Å². The predicted octanol–water partition coefficient (Wildman–Crippen LogP) is 3.79. The number of nitrogens with one attached hydrogen (secondary N) is 2. The number of hydrogen-bond acceptors (Lipinski definition) is 3. The van der Waals surface area contributed by atoms with E-state index in [2.05, 4.69) is 25.6 Å². The van der Waals surface area contributed by atoms with Crippen molar-refractivity contribution in [2.24, 2.45) is 0 Å². The predicted molar refractivity (Wildman–Crippen MR) is 81.1 cm³/mol. The molecule has 0 radical (unpaired) electrons. The zero-order valence-corrected chi connectivity index (χ0v) is 12.8. The number of H-pyrrole nitrogens is 1. The molecule has 2 aromatic heterocycles. The second kappa shape index (κ2) is 4.66. The molecule has 0 bridgehead atoms. The second-order valence-electron chi connectivity index (χ2n) is 3.94. The Morgan fingerprint density at radius 2 is 2.05 bits per heavy atom. The number of thiophene rings is 1.